The van der Waals surface area contributed by atoms with Gasteiger partial charge in [0.05, 0.1) is 23.0 Å². The third-order valence-corrected chi connectivity index (χ3v) is 3.16. The third-order valence-electron chi connectivity index (χ3n) is 3.16. The molecule has 1 aliphatic heterocycles. The number of fused-ring (bicyclic) bond motifs is 1. The molecule has 1 aromatic heterocycles. The van der Waals surface area contributed by atoms with Crippen molar-refractivity contribution >= 4 is 5.69 Å². The molecule has 0 spiro atoms. The average Bonchev–Trinajstić information content (AvgIpc) is 2.87. The normalized spacial score (nSPS) is 18.3. The van der Waals surface area contributed by atoms with E-state index in [1.165, 1.54) is 6.07 Å². The number of hydrogen-bond acceptors (Lipinski definition) is 4. The molecular weight excluding hydrogens is 232 g/mol. The zero-order valence-corrected chi connectivity index (χ0v) is 9.59. The van der Waals surface area contributed by atoms with E-state index < -0.39 is 0 Å². The van der Waals surface area contributed by atoms with E-state index in [1.807, 2.05) is 6.07 Å². The van der Waals surface area contributed by atoms with Crippen molar-refractivity contribution in [2.24, 2.45) is 0 Å². The lowest BCUT2D eigenvalue weighted by Crippen LogP contribution is -2.30. The molecule has 2 aromatic rings. The highest BCUT2D eigenvalue weighted by Gasteiger charge is 2.24. The minimum absolute atomic E-state index is 0.0695. The summed E-state index contributed by atoms with van der Waals surface area (Å²) in [5.41, 5.74) is 3.02. The van der Waals surface area contributed by atoms with Crippen LogP contribution in [0.1, 0.15) is 23.0 Å². The number of nitro groups is 1. The van der Waals surface area contributed by atoms with E-state index in [2.05, 4.69) is 15.3 Å². The number of imidazole rings is 1. The lowest BCUT2D eigenvalue weighted by molar-refractivity contribution is -0.384. The number of H-pyrrole nitrogens is 1. The first-order chi connectivity index (χ1) is 8.75. The second kappa shape index (κ2) is 4.23. The Hall–Kier alpha value is -2.21. The summed E-state index contributed by atoms with van der Waals surface area (Å²) in [4.78, 5) is 17.8. The van der Waals surface area contributed by atoms with E-state index in [-0.39, 0.29) is 16.7 Å². The van der Waals surface area contributed by atoms with Gasteiger partial charge in [-0.25, -0.2) is 4.98 Å². The molecule has 3 rings (SSSR count). The lowest BCUT2D eigenvalue weighted by Gasteiger charge is -2.23. The van der Waals surface area contributed by atoms with Gasteiger partial charge in [0, 0.05) is 30.8 Å². The van der Waals surface area contributed by atoms with Crippen LogP contribution in [0.3, 0.4) is 0 Å². The first-order valence-corrected chi connectivity index (χ1v) is 5.75. The van der Waals surface area contributed by atoms with Crippen molar-refractivity contribution in [2.75, 3.05) is 6.54 Å². The van der Waals surface area contributed by atoms with Crippen LogP contribution in [0.2, 0.25) is 0 Å². The average molecular weight is 244 g/mol. The van der Waals surface area contributed by atoms with Crippen LogP contribution in [-0.2, 0) is 6.42 Å². The van der Waals surface area contributed by atoms with Crippen molar-refractivity contribution in [1.29, 1.82) is 0 Å². The van der Waals surface area contributed by atoms with E-state index in [4.69, 9.17) is 0 Å². The number of aromatic amines is 1. The van der Waals surface area contributed by atoms with Crippen molar-refractivity contribution < 1.29 is 4.92 Å². The van der Waals surface area contributed by atoms with Crippen molar-refractivity contribution in [2.45, 2.75) is 12.5 Å². The van der Waals surface area contributed by atoms with Gasteiger partial charge in [0.25, 0.3) is 5.69 Å². The Bertz CT molecular complexity index is 593. The maximum atomic E-state index is 10.8. The quantitative estimate of drug-likeness (QED) is 0.620. The van der Waals surface area contributed by atoms with Gasteiger partial charge in [-0.1, -0.05) is 12.1 Å². The number of rotatable bonds is 2. The smallest absolute Gasteiger partial charge is 0.269 e. The van der Waals surface area contributed by atoms with Gasteiger partial charge in [-0.2, -0.15) is 0 Å². The summed E-state index contributed by atoms with van der Waals surface area (Å²) in [5, 5.41) is 14.1. The molecule has 0 bridgehead atoms. The Morgan fingerprint density at radius 1 is 1.44 bits per heavy atom. The van der Waals surface area contributed by atoms with E-state index in [0.717, 1.165) is 29.9 Å². The summed E-state index contributed by atoms with van der Waals surface area (Å²) in [6.45, 7) is 0.836. The summed E-state index contributed by atoms with van der Waals surface area (Å²) in [7, 11) is 0. The van der Waals surface area contributed by atoms with Crippen LogP contribution in [-0.4, -0.2) is 21.4 Å². The Labute approximate surface area is 103 Å². The molecule has 1 aromatic carbocycles. The number of nitrogens with one attached hydrogen (secondary N) is 2. The SMILES string of the molecule is O=[N+]([O-])c1cccc([C@H]2NCCc3[nH]cnc32)c1. The first-order valence-electron chi connectivity index (χ1n) is 5.75. The summed E-state index contributed by atoms with van der Waals surface area (Å²) in [6.07, 6.45) is 2.57. The van der Waals surface area contributed by atoms with E-state index in [0.29, 0.717) is 0 Å². The van der Waals surface area contributed by atoms with E-state index in [1.54, 1.807) is 18.5 Å². The standard InChI is InChI=1S/C12H12N4O2/c17-16(18)9-3-1-2-8(6-9)11-12-10(4-5-13-11)14-7-15-12/h1-3,6-7,11,13H,4-5H2,(H,14,15)/t11-/m1/s1. The van der Waals surface area contributed by atoms with Crippen molar-refractivity contribution in [1.82, 2.24) is 15.3 Å². The Morgan fingerprint density at radius 2 is 2.33 bits per heavy atom. The lowest BCUT2D eigenvalue weighted by atomic mass is 9.98. The van der Waals surface area contributed by atoms with Crippen LogP contribution in [0, 0.1) is 10.1 Å². The fraction of sp³-hybridized carbons (Fsp3) is 0.250. The van der Waals surface area contributed by atoms with Crippen LogP contribution in [0.4, 0.5) is 5.69 Å². The number of aromatic nitrogens is 2. The molecule has 1 aliphatic rings. The molecule has 6 heteroatoms. The maximum absolute atomic E-state index is 10.8. The molecule has 6 nitrogen and oxygen atoms in total. The number of benzene rings is 1. The topological polar surface area (TPSA) is 83.9 Å². The molecule has 18 heavy (non-hydrogen) atoms. The fourth-order valence-electron chi connectivity index (χ4n) is 2.31. The van der Waals surface area contributed by atoms with Crippen molar-refractivity contribution in [3.63, 3.8) is 0 Å². The van der Waals surface area contributed by atoms with Crippen LogP contribution in [0.15, 0.2) is 30.6 Å². The molecule has 0 aliphatic carbocycles. The Morgan fingerprint density at radius 3 is 3.17 bits per heavy atom. The highest BCUT2D eigenvalue weighted by Crippen LogP contribution is 2.28. The summed E-state index contributed by atoms with van der Waals surface area (Å²) in [6, 6.07) is 6.61. The molecule has 0 fully saturated rings. The molecular formula is C12H12N4O2. The molecule has 1 atom stereocenters. The molecule has 0 unspecified atom stereocenters. The largest absolute Gasteiger partial charge is 0.348 e. The first kappa shape index (κ1) is 10.9. The van der Waals surface area contributed by atoms with Crippen LogP contribution in [0.5, 0.6) is 0 Å². The zero-order chi connectivity index (χ0) is 12.5. The zero-order valence-electron chi connectivity index (χ0n) is 9.59. The molecule has 2 N–H and O–H groups in total. The Balaban J connectivity index is 2.02. The highest BCUT2D eigenvalue weighted by molar-refractivity contribution is 5.40. The summed E-state index contributed by atoms with van der Waals surface area (Å²) in [5.74, 6) is 0. The van der Waals surface area contributed by atoms with Crippen LogP contribution >= 0.6 is 0 Å². The van der Waals surface area contributed by atoms with Crippen molar-refractivity contribution in [3.05, 3.63) is 57.7 Å². The van der Waals surface area contributed by atoms with E-state index >= 15 is 0 Å². The van der Waals surface area contributed by atoms with Gasteiger partial charge in [-0.3, -0.25) is 10.1 Å². The summed E-state index contributed by atoms with van der Waals surface area (Å²) < 4.78 is 0. The fourth-order valence-corrected chi connectivity index (χ4v) is 2.31. The molecule has 0 saturated carbocycles. The highest BCUT2D eigenvalue weighted by atomic mass is 16.6. The van der Waals surface area contributed by atoms with Crippen LogP contribution in [0.25, 0.3) is 0 Å². The maximum Gasteiger partial charge on any atom is 0.269 e. The van der Waals surface area contributed by atoms with Crippen LogP contribution < -0.4 is 5.32 Å². The Kier molecular flexibility index (Phi) is 2.56. The number of nitro benzene ring substituents is 1. The van der Waals surface area contributed by atoms with Gasteiger partial charge in [-0.05, 0) is 5.56 Å². The number of nitrogens with zero attached hydrogens (tertiary/aromatic N) is 2. The number of hydrogen-bond donors (Lipinski definition) is 2. The third kappa shape index (κ3) is 1.76. The monoisotopic (exact) mass is 244 g/mol. The molecule has 0 saturated heterocycles. The molecule has 92 valence electrons. The van der Waals surface area contributed by atoms with Gasteiger partial charge < -0.3 is 10.3 Å². The van der Waals surface area contributed by atoms with Gasteiger partial charge >= 0.3 is 0 Å². The molecule has 2 heterocycles. The minimum atomic E-state index is -0.377. The van der Waals surface area contributed by atoms with Gasteiger partial charge in [0.2, 0.25) is 0 Å². The van der Waals surface area contributed by atoms with Gasteiger partial charge in [0.1, 0.15) is 0 Å². The molecule has 0 amide bonds. The van der Waals surface area contributed by atoms with E-state index in [9.17, 15) is 10.1 Å². The predicted molar refractivity (Wildman–Crippen MR) is 65.2 cm³/mol. The molecule has 0 radical (unpaired) electrons. The van der Waals surface area contributed by atoms with Gasteiger partial charge in [0.15, 0.2) is 0 Å². The van der Waals surface area contributed by atoms with Crippen molar-refractivity contribution in [3.8, 4) is 0 Å². The minimum Gasteiger partial charge on any atom is -0.348 e. The predicted octanol–water partition coefficient (Wildman–Crippen LogP) is 1.55. The second-order valence-corrected chi connectivity index (χ2v) is 4.26. The summed E-state index contributed by atoms with van der Waals surface area (Å²) >= 11 is 0. The van der Waals surface area contributed by atoms with Gasteiger partial charge in [-0.15, -0.1) is 0 Å². The number of non-ortho nitro benzene ring substituents is 1. The second-order valence-electron chi connectivity index (χ2n) is 4.26.